The minimum absolute atomic E-state index is 0.0641. The number of ether oxygens (including phenoxy) is 3. The highest BCUT2D eigenvalue weighted by Crippen LogP contribution is 2.18. The lowest BCUT2D eigenvalue weighted by Gasteiger charge is -2.18. The van der Waals surface area contributed by atoms with Crippen LogP contribution in [-0.2, 0) is 28.6 Å². The Morgan fingerprint density at radius 1 is 0.274 bits per heavy atom. The van der Waals surface area contributed by atoms with Crippen molar-refractivity contribution in [2.24, 2.45) is 17.8 Å². The highest BCUT2D eigenvalue weighted by atomic mass is 16.6. The van der Waals surface area contributed by atoms with Gasteiger partial charge in [0.2, 0.25) is 0 Å². The number of unbranched alkanes of at least 4 members (excludes halogenated alkanes) is 32. The van der Waals surface area contributed by atoms with Crippen molar-refractivity contribution in [3.05, 3.63) is 0 Å². The van der Waals surface area contributed by atoms with Gasteiger partial charge in [0.25, 0.3) is 0 Å². The van der Waals surface area contributed by atoms with E-state index in [9.17, 15) is 14.4 Å². The Hall–Kier alpha value is -1.59. The average molecular weight is 877 g/mol. The summed E-state index contributed by atoms with van der Waals surface area (Å²) in [5.41, 5.74) is 0. The maximum absolute atomic E-state index is 12.8. The molecule has 0 aromatic rings. The summed E-state index contributed by atoms with van der Waals surface area (Å²) in [5, 5.41) is 0. The van der Waals surface area contributed by atoms with Crippen molar-refractivity contribution in [2.45, 2.75) is 311 Å². The molecule has 0 bridgehead atoms. The van der Waals surface area contributed by atoms with Gasteiger partial charge in [0.15, 0.2) is 6.10 Å². The lowest BCUT2D eigenvalue weighted by atomic mass is 10.0. The van der Waals surface area contributed by atoms with Gasteiger partial charge in [0.05, 0.1) is 0 Å². The minimum atomic E-state index is -0.763. The van der Waals surface area contributed by atoms with Gasteiger partial charge >= 0.3 is 17.9 Å². The number of carbonyl (C=O) groups excluding carboxylic acids is 3. The number of hydrogen-bond acceptors (Lipinski definition) is 6. The highest BCUT2D eigenvalue weighted by molar-refractivity contribution is 5.71. The Balaban J connectivity index is 4.30. The second kappa shape index (κ2) is 47.4. The molecule has 0 aromatic heterocycles. The number of carbonyl (C=O) groups is 3. The summed E-state index contributed by atoms with van der Waals surface area (Å²) < 4.78 is 16.9. The number of hydrogen-bond donors (Lipinski definition) is 0. The summed E-state index contributed by atoms with van der Waals surface area (Å²) >= 11 is 0. The molecule has 0 fully saturated rings. The maximum Gasteiger partial charge on any atom is 0.306 e. The van der Waals surface area contributed by atoms with E-state index < -0.39 is 6.10 Å². The Labute approximate surface area is 387 Å². The van der Waals surface area contributed by atoms with Crippen LogP contribution in [0.25, 0.3) is 0 Å². The smallest absolute Gasteiger partial charge is 0.306 e. The van der Waals surface area contributed by atoms with Crippen LogP contribution in [0.15, 0.2) is 0 Å². The Kier molecular flexibility index (Phi) is 46.2. The molecule has 0 aromatic carbocycles. The molecule has 0 saturated carbocycles. The molecule has 6 nitrogen and oxygen atoms in total. The van der Waals surface area contributed by atoms with Gasteiger partial charge in [-0.3, -0.25) is 14.4 Å². The van der Waals surface area contributed by atoms with Crippen LogP contribution >= 0.6 is 0 Å². The van der Waals surface area contributed by atoms with E-state index in [2.05, 4.69) is 41.5 Å². The van der Waals surface area contributed by atoms with Crippen molar-refractivity contribution in [2.75, 3.05) is 13.2 Å². The molecular weight excluding hydrogens is 769 g/mol. The van der Waals surface area contributed by atoms with E-state index in [1.807, 2.05) is 0 Å². The predicted molar refractivity (Wildman–Crippen MR) is 266 cm³/mol. The summed E-state index contributed by atoms with van der Waals surface area (Å²) in [6.45, 7) is 13.7. The molecule has 368 valence electrons. The largest absolute Gasteiger partial charge is 0.462 e. The molecule has 0 unspecified atom stereocenters. The first-order chi connectivity index (χ1) is 30.1. The summed E-state index contributed by atoms with van der Waals surface area (Å²) in [6, 6.07) is 0. The summed E-state index contributed by atoms with van der Waals surface area (Å²) in [5.74, 6) is 1.64. The SMILES string of the molecule is CC(C)CCCCCCCCCCCCCCCCC(=O)O[C@@H](COC(=O)CCCCCCCCCCCCCCC(C)C)COC(=O)CCCCCCCCCCCC(C)C. The van der Waals surface area contributed by atoms with Crippen LogP contribution in [0.1, 0.15) is 305 Å². The first kappa shape index (κ1) is 60.4. The fourth-order valence-corrected chi connectivity index (χ4v) is 8.47. The van der Waals surface area contributed by atoms with Crippen LogP contribution in [0.2, 0.25) is 0 Å². The molecule has 0 spiro atoms. The topological polar surface area (TPSA) is 78.9 Å². The van der Waals surface area contributed by atoms with Crippen molar-refractivity contribution in [1.82, 2.24) is 0 Å². The molecule has 6 heteroatoms. The van der Waals surface area contributed by atoms with Crippen molar-refractivity contribution in [3.8, 4) is 0 Å². The van der Waals surface area contributed by atoms with Gasteiger partial charge in [-0.25, -0.2) is 0 Å². The van der Waals surface area contributed by atoms with E-state index in [0.717, 1.165) is 75.5 Å². The molecule has 0 amide bonds. The van der Waals surface area contributed by atoms with Crippen molar-refractivity contribution in [3.63, 3.8) is 0 Å². The van der Waals surface area contributed by atoms with E-state index in [1.54, 1.807) is 0 Å². The molecule has 0 N–H and O–H groups in total. The first-order valence-corrected chi connectivity index (χ1v) is 27.6. The molecule has 0 heterocycles. The van der Waals surface area contributed by atoms with Gasteiger partial charge in [0, 0.05) is 19.3 Å². The van der Waals surface area contributed by atoms with E-state index in [-0.39, 0.29) is 31.1 Å². The normalized spacial score (nSPS) is 12.1. The third-order valence-corrected chi connectivity index (χ3v) is 12.6. The lowest BCUT2D eigenvalue weighted by molar-refractivity contribution is -0.167. The molecule has 0 aliphatic rings. The molecule has 0 rings (SSSR count). The molecule has 62 heavy (non-hydrogen) atoms. The van der Waals surface area contributed by atoms with Crippen LogP contribution in [0.4, 0.5) is 0 Å². The third kappa shape index (κ3) is 49.4. The van der Waals surface area contributed by atoms with Crippen LogP contribution in [0.3, 0.4) is 0 Å². The van der Waals surface area contributed by atoms with Gasteiger partial charge in [-0.05, 0) is 37.0 Å². The monoisotopic (exact) mass is 877 g/mol. The molecular formula is C56H108O6. The van der Waals surface area contributed by atoms with Gasteiger partial charge in [-0.15, -0.1) is 0 Å². The fraction of sp³-hybridized carbons (Fsp3) is 0.946. The third-order valence-electron chi connectivity index (χ3n) is 12.6. The van der Waals surface area contributed by atoms with Crippen molar-refractivity contribution in [1.29, 1.82) is 0 Å². The maximum atomic E-state index is 12.8. The molecule has 0 aliphatic carbocycles. The second-order valence-electron chi connectivity index (χ2n) is 20.6. The van der Waals surface area contributed by atoms with E-state index >= 15 is 0 Å². The summed E-state index contributed by atoms with van der Waals surface area (Å²) in [4.78, 5) is 38.0. The van der Waals surface area contributed by atoms with E-state index in [0.29, 0.717) is 19.3 Å². The van der Waals surface area contributed by atoms with Gasteiger partial charge in [-0.2, -0.15) is 0 Å². The zero-order valence-corrected chi connectivity index (χ0v) is 42.7. The number of rotatable bonds is 49. The van der Waals surface area contributed by atoms with Crippen LogP contribution in [0.5, 0.6) is 0 Å². The summed E-state index contributed by atoms with van der Waals surface area (Å²) in [7, 11) is 0. The van der Waals surface area contributed by atoms with E-state index in [1.165, 1.54) is 186 Å². The first-order valence-electron chi connectivity index (χ1n) is 27.6. The molecule has 1 atom stereocenters. The molecule has 0 saturated heterocycles. The standard InChI is InChI=1S/C56H108O6/c1-50(2)42-36-30-24-18-13-9-7-8-10-16-22-29-35-41-47-56(59)62-53(49-61-55(58)46-40-34-28-23-17-20-26-32-38-44-52(5)6)48-60-54(57)45-39-33-27-21-15-12-11-14-19-25-31-37-43-51(3)4/h50-53H,7-49H2,1-6H3/t53-/m0/s1. The number of esters is 3. The van der Waals surface area contributed by atoms with Crippen molar-refractivity contribution < 1.29 is 28.6 Å². The predicted octanol–water partition coefficient (Wildman–Crippen LogP) is 17.9. The van der Waals surface area contributed by atoms with Crippen LogP contribution < -0.4 is 0 Å². The van der Waals surface area contributed by atoms with Gasteiger partial charge in [0.1, 0.15) is 13.2 Å². The van der Waals surface area contributed by atoms with Crippen LogP contribution in [0, 0.1) is 17.8 Å². The average Bonchev–Trinajstić information content (AvgIpc) is 3.23. The fourth-order valence-electron chi connectivity index (χ4n) is 8.47. The Bertz CT molecular complexity index is 960. The molecule has 0 radical (unpaired) electrons. The lowest BCUT2D eigenvalue weighted by Crippen LogP contribution is -2.30. The zero-order chi connectivity index (χ0) is 45.6. The zero-order valence-electron chi connectivity index (χ0n) is 42.7. The van der Waals surface area contributed by atoms with Crippen molar-refractivity contribution >= 4 is 17.9 Å². The van der Waals surface area contributed by atoms with Gasteiger partial charge < -0.3 is 14.2 Å². The second-order valence-corrected chi connectivity index (χ2v) is 20.6. The van der Waals surface area contributed by atoms with Crippen LogP contribution in [-0.4, -0.2) is 37.2 Å². The Morgan fingerprint density at radius 2 is 0.468 bits per heavy atom. The summed E-state index contributed by atoms with van der Waals surface area (Å²) in [6.07, 6.45) is 48.1. The quantitative estimate of drug-likeness (QED) is 0.0344. The molecule has 0 aliphatic heterocycles. The van der Waals surface area contributed by atoms with Gasteiger partial charge in [-0.1, -0.05) is 266 Å². The Morgan fingerprint density at radius 3 is 0.694 bits per heavy atom. The van der Waals surface area contributed by atoms with E-state index in [4.69, 9.17) is 14.2 Å². The minimum Gasteiger partial charge on any atom is -0.462 e. The highest BCUT2D eigenvalue weighted by Gasteiger charge is 2.19.